The van der Waals surface area contributed by atoms with E-state index in [1.807, 2.05) is 9.80 Å². The van der Waals surface area contributed by atoms with Crippen LogP contribution in [0.1, 0.15) is 38.2 Å². The van der Waals surface area contributed by atoms with Gasteiger partial charge in [0.1, 0.15) is 11.6 Å². The van der Waals surface area contributed by atoms with Gasteiger partial charge in [-0.05, 0) is 48.4 Å². The minimum absolute atomic E-state index is 0.000653. The molecule has 35 heavy (non-hydrogen) atoms. The molecular formula is C27H35ClFN3O3. The number of rotatable bonds is 12. The average molecular weight is 504 g/mol. The van der Waals surface area contributed by atoms with Gasteiger partial charge in [-0.3, -0.25) is 14.5 Å². The Balaban J connectivity index is 1.45. The summed E-state index contributed by atoms with van der Waals surface area (Å²) in [5.74, 6) is 0.436. The first-order chi connectivity index (χ1) is 16.9. The monoisotopic (exact) mass is 503 g/mol. The lowest BCUT2D eigenvalue weighted by Crippen LogP contribution is -2.51. The Bertz CT molecular complexity index is 932. The van der Waals surface area contributed by atoms with Crippen molar-refractivity contribution in [2.45, 2.75) is 39.2 Å². The predicted octanol–water partition coefficient (Wildman–Crippen LogP) is 4.61. The van der Waals surface area contributed by atoms with Gasteiger partial charge in [0.2, 0.25) is 5.91 Å². The van der Waals surface area contributed by atoms with Gasteiger partial charge in [-0.15, -0.1) is 0 Å². The number of nitrogens with zero attached hydrogens (tertiary/aromatic N) is 3. The Morgan fingerprint density at radius 1 is 1.00 bits per heavy atom. The van der Waals surface area contributed by atoms with Crippen molar-refractivity contribution < 1.29 is 18.7 Å². The van der Waals surface area contributed by atoms with Crippen molar-refractivity contribution in [1.29, 1.82) is 0 Å². The highest BCUT2D eigenvalue weighted by molar-refractivity contribution is 6.30. The van der Waals surface area contributed by atoms with Gasteiger partial charge in [0.15, 0.2) is 6.61 Å². The number of carbonyl (C=O) groups excluding carboxylic acids is 2. The van der Waals surface area contributed by atoms with E-state index in [0.29, 0.717) is 43.4 Å². The zero-order valence-electron chi connectivity index (χ0n) is 20.4. The summed E-state index contributed by atoms with van der Waals surface area (Å²) in [7, 11) is 0. The maximum Gasteiger partial charge on any atom is 0.260 e. The summed E-state index contributed by atoms with van der Waals surface area (Å²) in [6.07, 6.45) is 3.52. The Morgan fingerprint density at radius 2 is 1.69 bits per heavy atom. The van der Waals surface area contributed by atoms with Crippen LogP contribution in [0, 0.1) is 5.82 Å². The molecule has 8 heteroatoms. The van der Waals surface area contributed by atoms with E-state index in [9.17, 15) is 14.0 Å². The molecule has 0 aromatic heterocycles. The number of unbranched alkanes of at least 4 members (excludes halogenated alkanes) is 2. The highest BCUT2D eigenvalue weighted by Gasteiger charge is 2.22. The molecule has 1 aliphatic rings. The maximum absolute atomic E-state index is 13.3. The lowest BCUT2D eigenvalue weighted by molar-refractivity contribution is -0.135. The fourth-order valence-corrected chi connectivity index (χ4v) is 4.16. The van der Waals surface area contributed by atoms with Crippen molar-refractivity contribution in [2.24, 2.45) is 0 Å². The van der Waals surface area contributed by atoms with Crippen molar-refractivity contribution in [3.8, 4) is 5.75 Å². The number of hydrogen-bond donors (Lipinski definition) is 0. The topological polar surface area (TPSA) is 53.1 Å². The third-order valence-electron chi connectivity index (χ3n) is 6.22. The van der Waals surface area contributed by atoms with Crippen LogP contribution in [0.15, 0.2) is 48.5 Å². The summed E-state index contributed by atoms with van der Waals surface area (Å²) in [4.78, 5) is 31.4. The second-order valence-electron chi connectivity index (χ2n) is 8.86. The van der Waals surface area contributed by atoms with Crippen LogP contribution in [0.2, 0.25) is 5.02 Å². The maximum atomic E-state index is 13.3. The smallest absolute Gasteiger partial charge is 0.260 e. The standard InChI is InChI=1S/C27H35ClFN3O3/c1-2-3-4-5-26(33)32(20-22-6-10-24(29)11-7-22)19-16-30-14-17-31(18-15-30)27(34)21-35-25-12-8-23(28)9-13-25/h6-13H,2-5,14-21H2,1H3. The molecule has 0 bridgehead atoms. The zero-order valence-corrected chi connectivity index (χ0v) is 21.2. The van der Waals surface area contributed by atoms with Gasteiger partial charge in [0, 0.05) is 57.3 Å². The fourth-order valence-electron chi connectivity index (χ4n) is 4.04. The number of piperazine rings is 1. The quantitative estimate of drug-likeness (QED) is 0.397. The van der Waals surface area contributed by atoms with E-state index in [0.717, 1.165) is 44.5 Å². The SMILES string of the molecule is CCCCCC(=O)N(CCN1CCN(C(=O)COc2ccc(Cl)cc2)CC1)Cc1ccc(F)cc1. The van der Waals surface area contributed by atoms with Crippen LogP contribution in [0.3, 0.4) is 0 Å². The van der Waals surface area contributed by atoms with Crippen molar-refractivity contribution in [3.05, 3.63) is 64.9 Å². The van der Waals surface area contributed by atoms with E-state index in [-0.39, 0.29) is 24.2 Å². The summed E-state index contributed by atoms with van der Waals surface area (Å²) in [5.41, 5.74) is 0.923. The molecule has 1 heterocycles. The number of hydrogen-bond acceptors (Lipinski definition) is 4. The van der Waals surface area contributed by atoms with Crippen LogP contribution in [0.25, 0.3) is 0 Å². The summed E-state index contributed by atoms with van der Waals surface area (Å²) in [5, 5.41) is 0.624. The van der Waals surface area contributed by atoms with Gasteiger partial charge in [-0.25, -0.2) is 4.39 Å². The molecule has 1 saturated heterocycles. The molecule has 0 aliphatic carbocycles. The van der Waals surface area contributed by atoms with Crippen molar-refractivity contribution in [2.75, 3.05) is 45.9 Å². The van der Waals surface area contributed by atoms with Crippen molar-refractivity contribution >= 4 is 23.4 Å². The fraction of sp³-hybridized carbons (Fsp3) is 0.481. The molecule has 0 spiro atoms. The third kappa shape index (κ3) is 9.15. The summed E-state index contributed by atoms with van der Waals surface area (Å²) < 4.78 is 18.9. The minimum Gasteiger partial charge on any atom is -0.484 e. The Kier molecular flexibility index (Phi) is 10.8. The second-order valence-corrected chi connectivity index (χ2v) is 9.30. The minimum atomic E-state index is -0.277. The number of benzene rings is 2. The Hall–Kier alpha value is -2.64. The molecule has 0 atom stereocenters. The molecule has 0 N–H and O–H groups in total. The van der Waals surface area contributed by atoms with E-state index < -0.39 is 0 Å². The molecule has 0 unspecified atom stereocenters. The number of carbonyl (C=O) groups is 2. The van der Waals surface area contributed by atoms with E-state index in [1.54, 1.807) is 36.4 Å². The molecule has 2 amide bonds. The van der Waals surface area contributed by atoms with Gasteiger partial charge in [0.25, 0.3) is 5.91 Å². The number of ether oxygens (including phenoxy) is 1. The molecule has 6 nitrogen and oxygen atoms in total. The summed E-state index contributed by atoms with van der Waals surface area (Å²) in [6.45, 7) is 6.71. The molecule has 0 saturated carbocycles. The summed E-state index contributed by atoms with van der Waals surface area (Å²) in [6, 6.07) is 13.3. The molecule has 3 rings (SSSR count). The Morgan fingerprint density at radius 3 is 2.34 bits per heavy atom. The molecule has 1 aliphatic heterocycles. The Labute approximate surface area is 212 Å². The number of halogens is 2. The van der Waals surface area contributed by atoms with Gasteiger partial charge in [-0.2, -0.15) is 0 Å². The molecule has 190 valence electrons. The first-order valence-corrected chi connectivity index (χ1v) is 12.7. The van der Waals surface area contributed by atoms with Crippen LogP contribution in [-0.4, -0.2) is 72.4 Å². The van der Waals surface area contributed by atoms with Crippen molar-refractivity contribution in [3.63, 3.8) is 0 Å². The van der Waals surface area contributed by atoms with E-state index >= 15 is 0 Å². The van der Waals surface area contributed by atoms with E-state index in [1.165, 1.54) is 12.1 Å². The molecule has 2 aromatic rings. The molecule has 1 fully saturated rings. The van der Waals surface area contributed by atoms with Crippen molar-refractivity contribution in [1.82, 2.24) is 14.7 Å². The van der Waals surface area contributed by atoms with Crippen LogP contribution < -0.4 is 4.74 Å². The largest absolute Gasteiger partial charge is 0.484 e. The lowest BCUT2D eigenvalue weighted by Gasteiger charge is -2.36. The van der Waals surface area contributed by atoms with E-state index in [4.69, 9.17) is 16.3 Å². The van der Waals surface area contributed by atoms with E-state index in [2.05, 4.69) is 11.8 Å². The van der Waals surface area contributed by atoms with Gasteiger partial charge in [0.05, 0.1) is 0 Å². The van der Waals surface area contributed by atoms with Crippen LogP contribution in [-0.2, 0) is 16.1 Å². The molecular weight excluding hydrogens is 469 g/mol. The highest BCUT2D eigenvalue weighted by atomic mass is 35.5. The highest BCUT2D eigenvalue weighted by Crippen LogP contribution is 2.16. The number of amides is 2. The lowest BCUT2D eigenvalue weighted by atomic mass is 10.1. The average Bonchev–Trinajstić information content (AvgIpc) is 2.87. The summed E-state index contributed by atoms with van der Waals surface area (Å²) >= 11 is 5.88. The molecule has 2 aromatic carbocycles. The van der Waals surface area contributed by atoms with Gasteiger partial charge >= 0.3 is 0 Å². The zero-order chi connectivity index (χ0) is 25.0. The predicted molar refractivity (Wildman–Crippen MR) is 136 cm³/mol. The first kappa shape index (κ1) is 27.0. The van der Waals surface area contributed by atoms with Gasteiger partial charge in [-0.1, -0.05) is 43.5 Å². The third-order valence-corrected chi connectivity index (χ3v) is 6.47. The first-order valence-electron chi connectivity index (χ1n) is 12.4. The normalized spacial score (nSPS) is 14.1. The van der Waals surface area contributed by atoms with Crippen LogP contribution in [0.4, 0.5) is 4.39 Å². The van der Waals surface area contributed by atoms with Crippen LogP contribution in [0.5, 0.6) is 5.75 Å². The second kappa shape index (κ2) is 14.0. The molecule has 0 radical (unpaired) electrons. The van der Waals surface area contributed by atoms with Crippen LogP contribution >= 0.6 is 11.6 Å². The van der Waals surface area contributed by atoms with Gasteiger partial charge < -0.3 is 14.5 Å².